The molecule has 0 radical (unpaired) electrons. The lowest BCUT2D eigenvalue weighted by Crippen LogP contribution is -2.19. The van der Waals surface area contributed by atoms with Crippen molar-refractivity contribution in [2.24, 2.45) is 0 Å². The van der Waals surface area contributed by atoms with Crippen molar-refractivity contribution in [1.29, 1.82) is 0 Å². The van der Waals surface area contributed by atoms with Crippen LogP contribution in [0.5, 0.6) is 0 Å². The molecule has 1 aromatic rings. The van der Waals surface area contributed by atoms with Crippen molar-refractivity contribution >= 4 is 29.0 Å². The van der Waals surface area contributed by atoms with Crippen molar-refractivity contribution in [3.8, 4) is 0 Å². The number of hydrogen-bond acceptors (Lipinski definition) is 3. The van der Waals surface area contributed by atoms with Crippen molar-refractivity contribution in [3.63, 3.8) is 0 Å². The highest BCUT2D eigenvalue weighted by Crippen LogP contribution is 2.18. The lowest BCUT2D eigenvalue weighted by atomic mass is 10.0. The minimum Gasteiger partial charge on any atom is -0.389 e. The van der Waals surface area contributed by atoms with E-state index in [0.717, 1.165) is 0 Å². The monoisotopic (exact) mass is 262 g/mol. The fourth-order valence-electron chi connectivity index (χ4n) is 1.25. The minimum atomic E-state index is -1.04. The molecule has 0 aromatic heterocycles. The van der Waals surface area contributed by atoms with Gasteiger partial charge in [-0.2, -0.15) is 0 Å². The van der Waals surface area contributed by atoms with Gasteiger partial charge in [0, 0.05) is 5.56 Å². The summed E-state index contributed by atoms with van der Waals surface area (Å²) < 4.78 is 0. The Hall–Kier alpha value is -0.610. The zero-order chi connectivity index (χ0) is 12.1. The van der Waals surface area contributed by atoms with Crippen LogP contribution in [-0.2, 0) is 0 Å². The fourth-order valence-corrected chi connectivity index (χ4v) is 1.57. The van der Waals surface area contributed by atoms with Gasteiger partial charge in [-0.25, -0.2) is 0 Å². The van der Waals surface area contributed by atoms with Crippen LogP contribution in [0.3, 0.4) is 0 Å². The summed E-state index contributed by atoms with van der Waals surface area (Å²) in [5.74, 6) is -0.309. The zero-order valence-electron chi connectivity index (χ0n) is 8.44. The van der Waals surface area contributed by atoms with Crippen molar-refractivity contribution in [2.45, 2.75) is 12.2 Å². The summed E-state index contributed by atoms with van der Waals surface area (Å²) in [6.07, 6.45) is -2.06. The van der Waals surface area contributed by atoms with Crippen LogP contribution in [0.2, 0.25) is 0 Å². The second-order valence-electron chi connectivity index (χ2n) is 3.35. The predicted molar refractivity (Wildman–Crippen MR) is 63.2 cm³/mol. The second kappa shape index (κ2) is 6.21. The van der Waals surface area contributed by atoms with Gasteiger partial charge in [0.1, 0.15) is 6.10 Å². The van der Waals surface area contributed by atoms with Gasteiger partial charge in [0.25, 0.3) is 0 Å². The third-order valence-electron chi connectivity index (χ3n) is 2.22. The summed E-state index contributed by atoms with van der Waals surface area (Å²) in [6.45, 7) is 0. The molecule has 1 rings (SSSR count). The molecule has 0 fully saturated rings. The number of Topliss-reactive ketones (excluding diaryl/α,β-unsaturated/α-hetero) is 1. The third-order valence-corrected chi connectivity index (χ3v) is 2.78. The lowest BCUT2D eigenvalue weighted by molar-refractivity contribution is 0.0327. The van der Waals surface area contributed by atoms with Crippen LogP contribution in [0.15, 0.2) is 24.3 Å². The van der Waals surface area contributed by atoms with Gasteiger partial charge in [0.2, 0.25) is 0 Å². The Labute approximate surface area is 104 Å². The Morgan fingerprint density at radius 1 is 1.19 bits per heavy atom. The van der Waals surface area contributed by atoms with E-state index in [9.17, 15) is 15.0 Å². The van der Waals surface area contributed by atoms with Crippen LogP contribution in [0, 0.1) is 0 Å². The molecule has 0 saturated heterocycles. The van der Waals surface area contributed by atoms with Gasteiger partial charge in [0.15, 0.2) is 5.78 Å². The maximum Gasteiger partial charge on any atom is 0.177 e. The Bertz CT molecular complexity index is 351. The lowest BCUT2D eigenvalue weighted by Gasteiger charge is -2.15. The number of halogens is 2. The molecule has 88 valence electrons. The van der Waals surface area contributed by atoms with Crippen molar-refractivity contribution < 1.29 is 15.0 Å². The van der Waals surface area contributed by atoms with E-state index in [1.165, 1.54) is 0 Å². The SMILES string of the molecule is O=C(CCl)c1ccc(C(O)C(O)CCl)cc1. The molecule has 0 aliphatic heterocycles. The highest BCUT2D eigenvalue weighted by molar-refractivity contribution is 6.30. The Balaban J connectivity index is 2.82. The van der Waals surface area contributed by atoms with Gasteiger partial charge in [-0.3, -0.25) is 4.79 Å². The topological polar surface area (TPSA) is 57.5 Å². The number of ketones is 1. The average Bonchev–Trinajstić information content (AvgIpc) is 2.36. The molecule has 0 aliphatic carbocycles. The van der Waals surface area contributed by atoms with Crippen LogP contribution in [0.25, 0.3) is 0 Å². The maximum absolute atomic E-state index is 11.2. The molecule has 3 nitrogen and oxygen atoms in total. The van der Waals surface area contributed by atoms with Crippen LogP contribution >= 0.6 is 23.2 Å². The molecule has 2 unspecified atom stereocenters. The summed E-state index contributed by atoms with van der Waals surface area (Å²) in [7, 11) is 0. The number of hydrogen-bond donors (Lipinski definition) is 2. The van der Waals surface area contributed by atoms with Crippen molar-refractivity contribution in [2.75, 3.05) is 11.8 Å². The standard InChI is InChI=1S/C11H12Cl2O3/c12-5-9(14)7-1-3-8(4-2-7)11(16)10(15)6-13/h1-4,10-11,15-16H,5-6H2. The zero-order valence-corrected chi connectivity index (χ0v) is 9.95. The first kappa shape index (κ1) is 13.5. The Kier molecular flexibility index (Phi) is 5.22. The predicted octanol–water partition coefficient (Wildman–Crippen LogP) is 1.74. The number of carbonyl (C=O) groups is 1. The highest BCUT2D eigenvalue weighted by Gasteiger charge is 2.17. The molecule has 1 aromatic carbocycles. The molecule has 0 aliphatic rings. The normalized spacial score (nSPS) is 14.5. The van der Waals surface area contributed by atoms with E-state index in [-0.39, 0.29) is 17.5 Å². The highest BCUT2D eigenvalue weighted by atomic mass is 35.5. The van der Waals surface area contributed by atoms with Gasteiger partial charge in [-0.1, -0.05) is 24.3 Å². The number of rotatable bonds is 5. The van der Waals surface area contributed by atoms with Crippen molar-refractivity contribution in [3.05, 3.63) is 35.4 Å². The number of carbonyl (C=O) groups excluding carboxylic acids is 1. The first-order valence-corrected chi connectivity index (χ1v) is 5.78. The number of aliphatic hydroxyl groups excluding tert-OH is 2. The summed E-state index contributed by atoms with van der Waals surface area (Å²) in [5, 5.41) is 19.0. The Morgan fingerprint density at radius 3 is 2.19 bits per heavy atom. The molecular formula is C11H12Cl2O3. The minimum absolute atomic E-state index is 0.0521. The van der Waals surface area contributed by atoms with Gasteiger partial charge in [-0.05, 0) is 5.56 Å². The van der Waals surface area contributed by atoms with E-state index >= 15 is 0 Å². The summed E-state index contributed by atoms with van der Waals surface area (Å²) in [6, 6.07) is 6.26. The van der Waals surface area contributed by atoms with E-state index in [1.807, 2.05) is 0 Å². The van der Waals surface area contributed by atoms with Crippen molar-refractivity contribution in [1.82, 2.24) is 0 Å². The number of benzene rings is 1. The second-order valence-corrected chi connectivity index (χ2v) is 3.92. The average molecular weight is 263 g/mol. The molecule has 0 heterocycles. The molecule has 0 saturated carbocycles. The van der Waals surface area contributed by atoms with E-state index in [2.05, 4.69) is 0 Å². The third kappa shape index (κ3) is 3.19. The number of alkyl halides is 2. The van der Waals surface area contributed by atoms with Gasteiger partial charge >= 0.3 is 0 Å². The van der Waals surface area contributed by atoms with E-state index in [4.69, 9.17) is 23.2 Å². The van der Waals surface area contributed by atoms with E-state index in [1.54, 1.807) is 24.3 Å². The molecule has 0 spiro atoms. The van der Waals surface area contributed by atoms with Crippen LogP contribution in [0.4, 0.5) is 0 Å². The number of aliphatic hydroxyl groups is 2. The first-order chi connectivity index (χ1) is 7.60. The van der Waals surface area contributed by atoms with Crippen LogP contribution in [0.1, 0.15) is 22.0 Å². The largest absolute Gasteiger partial charge is 0.389 e. The summed E-state index contributed by atoms with van der Waals surface area (Å²) in [4.78, 5) is 11.2. The van der Waals surface area contributed by atoms with Gasteiger partial charge in [-0.15, -0.1) is 23.2 Å². The smallest absolute Gasteiger partial charge is 0.177 e. The maximum atomic E-state index is 11.2. The quantitative estimate of drug-likeness (QED) is 0.628. The molecule has 5 heteroatoms. The molecular weight excluding hydrogens is 251 g/mol. The first-order valence-electron chi connectivity index (χ1n) is 4.71. The fraction of sp³-hybridized carbons (Fsp3) is 0.364. The molecule has 2 N–H and O–H groups in total. The summed E-state index contributed by atoms with van der Waals surface area (Å²) >= 11 is 10.8. The molecule has 2 atom stereocenters. The van der Waals surface area contributed by atoms with E-state index < -0.39 is 12.2 Å². The van der Waals surface area contributed by atoms with Gasteiger partial charge < -0.3 is 10.2 Å². The molecule has 0 bridgehead atoms. The van der Waals surface area contributed by atoms with E-state index in [0.29, 0.717) is 11.1 Å². The summed E-state index contributed by atoms with van der Waals surface area (Å²) in [5.41, 5.74) is 0.991. The van der Waals surface area contributed by atoms with Crippen LogP contribution < -0.4 is 0 Å². The van der Waals surface area contributed by atoms with Crippen LogP contribution in [-0.4, -0.2) is 33.9 Å². The van der Waals surface area contributed by atoms with Gasteiger partial charge in [0.05, 0.1) is 17.9 Å². The Morgan fingerprint density at radius 2 is 1.75 bits per heavy atom. The molecule has 0 amide bonds. The molecule has 16 heavy (non-hydrogen) atoms.